The van der Waals surface area contributed by atoms with E-state index >= 15 is 0 Å². The maximum atomic E-state index is 10.4. The van der Waals surface area contributed by atoms with Gasteiger partial charge in [-0.3, -0.25) is 4.79 Å². The van der Waals surface area contributed by atoms with Crippen molar-refractivity contribution in [3.05, 3.63) is 10.1 Å². The summed E-state index contributed by atoms with van der Waals surface area (Å²) in [5, 5.41) is 8.97. The number of hydrogen-bond acceptors (Lipinski definition) is 6. The molecule has 2 N–H and O–H groups in total. The minimum absolute atomic E-state index is 0.117. The van der Waals surface area contributed by atoms with Gasteiger partial charge in [-0.05, 0) is 12.8 Å². The Morgan fingerprint density at radius 2 is 2.00 bits per heavy atom. The molecule has 0 saturated heterocycles. The van der Waals surface area contributed by atoms with Crippen molar-refractivity contribution >= 4 is 27.5 Å². The maximum Gasteiger partial charge on any atom is 0.294 e. The minimum Gasteiger partial charge on any atom is -0.370 e. The van der Waals surface area contributed by atoms with Crippen molar-refractivity contribution in [1.29, 1.82) is 0 Å². The average Bonchev–Trinajstić information content (AvgIpc) is 2.14. The lowest BCUT2D eigenvalue weighted by atomic mass is 10.2. The summed E-state index contributed by atoms with van der Waals surface area (Å²) in [6, 6.07) is 0. The summed E-state index contributed by atoms with van der Waals surface area (Å²) in [4.78, 5) is 24.3. The second-order valence-electron chi connectivity index (χ2n) is 2.62. The third kappa shape index (κ3) is 13.4. The first-order valence-corrected chi connectivity index (χ1v) is 6.91. The van der Waals surface area contributed by atoms with Crippen LogP contribution in [0.25, 0.3) is 0 Å². The molecule has 0 unspecified atom stereocenters. The summed E-state index contributed by atoms with van der Waals surface area (Å²) >= 11 is 0. The first-order valence-electron chi connectivity index (χ1n) is 4.43. The Kier molecular flexibility index (Phi) is 9.49. The summed E-state index contributed by atoms with van der Waals surface area (Å²) in [6.45, 7) is 0.117. The minimum atomic E-state index is -0.794. The van der Waals surface area contributed by atoms with Crippen LogP contribution in [0.5, 0.6) is 0 Å². The smallest absolute Gasteiger partial charge is 0.294 e. The number of primary amides is 1. The van der Waals surface area contributed by atoms with Crippen LogP contribution in [0.1, 0.15) is 19.3 Å². The van der Waals surface area contributed by atoms with Crippen LogP contribution in [0.4, 0.5) is 0 Å². The van der Waals surface area contributed by atoms with E-state index in [0.717, 1.165) is 18.6 Å². The summed E-state index contributed by atoms with van der Waals surface area (Å²) < 4.78 is 0. The molecule has 0 fully saturated rings. The summed E-state index contributed by atoms with van der Waals surface area (Å²) in [5.41, 5.74) is 4.97. The van der Waals surface area contributed by atoms with E-state index in [0.29, 0.717) is 12.2 Å². The van der Waals surface area contributed by atoms with Gasteiger partial charge in [0.05, 0.1) is 0 Å². The fourth-order valence-electron chi connectivity index (χ4n) is 0.724. The first-order chi connectivity index (χ1) is 7.13. The van der Waals surface area contributed by atoms with E-state index in [1.165, 1.54) is 10.8 Å². The molecule has 8 heteroatoms. The monoisotopic (exact) mass is 254 g/mol. The number of nitrogens with two attached hydrogens (primary N) is 1. The molecule has 0 aromatic heterocycles. The molecule has 15 heavy (non-hydrogen) atoms. The second-order valence-corrected chi connectivity index (χ2v) is 5.33. The van der Waals surface area contributed by atoms with Gasteiger partial charge >= 0.3 is 0 Å². The Balaban J connectivity index is 2.99. The predicted octanol–water partition coefficient (Wildman–Crippen LogP) is 1.23. The Hall–Kier alpha value is -0.630. The van der Waals surface area contributed by atoms with E-state index < -0.39 is 5.09 Å². The molecule has 0 atom stereocenters. The number of nitrogens with zero attached hydrogens (tertiary/aromatic N) is 1. The zero-order chi connectivity index (χ0) is 11.5. The molecule has 0 radical (unpaired) electrons. The lowest BCUT2D eigenvalue weighted by Crippen LogP contribution is -2.09. The van der Waals surface area contributed by atoms with Crippen molar-refractivity contribution in [2.45, 2.75) is 19.3 Å². The van der Waals surface area contributed by atoms with Crippen molar-refractivity contribution in [2.75, 3.05) is 18.1 Å². The van der Waals surface area contributed by atoms with E-state index in [1.807, 2.05) is 0 Å². The van der Waals surface area contributed by atoms with Gasteiger partial charge in [0.25, 0.3) is 5.09 Å². The number of hydrogen-bond donors (Lipinski definition) is 1. The maximum absolute atomic E-state index is 10.4. The lowest BCUT2D eigenvalue weighted by molar-refractivity contribution is -0.756. The summed E-state index contributed by atoms with van der Waals surface area (Å²) in [7, 11) is 3.14. The fraction of sp³-hybridized carbons (Fsp3) is 0.857. The van der Waals surface area contributed by atoms with Crippen LogP contribution in [-0.2, 0) is 9.63 Å². The molecule has 0 aliphatic heterocycles. The molecular formula is C7H14N2O4S2. The lowest BCUT2D eigenvalue weighted by Gasteiger charge is -2.00. The summed E-state index contributed by atoms with van der Waals surface area (Å²) in [5.74, 6) is 1.23. The van der Waals surface area contributed by atoms with Crippen LogP contribution in [0, 0.1) is 10.1 Å². The van der Waals surface area contributed by atoms with Crippen LogP contribution in [0.3, 0.4) is 0 Å². The Labute approximate surface area is 95.8 Å². The molecule has 6 nitrogen and oxygen atoms in total. The SMILES string of the molecule is NC(=O)CCCCSSCCO[N+](=O)[O-]. The number of carbonyl (C=O) groups is 1. The van der Waals surface area contributed by atoms with Crippen LogP contribution in [-0.4, -0.2) is 29.1 Å². The van der Waals surface area contributed by atoms with Gasteiger partial charge in [0.15, 0.2) is 0 Å². The van der Waals surface area contributed by atoms with Gasteiger partial charge in [-0.1, -0.05) is 21.6 Å². The second kappa shape index (κ2) is 9.91. The average molecular weight is 254 g/mol. The Morgan fingerprint density at radius 3 is 2.60 bits per heavy atom. The normalized spacial score (nSPS) is 9.87. The first kappa shape index (κ1) is 14.4. The topological polar surface area (TPSA) is 95.5 Å². The molecule has 1 amide bonds. The van der Waals surface area contributed by atoms with Crippen molar-refractivity contribution < 1.29 is 14.7 Å². The molecule has 0 saturated carbocycles. The third-order valence-electron chi connectivity index (χ3n) is 1.35. The van der Waals surface area contributed by atoms with Crippen LogP contribution < -0.4 is 5.73 Å². The number of carbonyl (C=O) groups excluding carboxylic acids is 1. The highest BCUT2D eigenvalue weighted by atomic mass is 33.1. The fourth-order valence-corrected chi connectivity index (χ4v) is 2.69. The van der Waals surface area contributed by atoms with Crippen LogP contribution in [0.2, 0.25) is 0 Å². The van der Waals surface area contributed by atoms with Crippen molar-refractivity contribution in [3.8, 4) is 0 Å². The molecule has 0 spiro atoms. The van der Waals surface area contributed by atoms with Gasteiger partial charge in [0.1, 0.15) is 6.61 Å². The highest BCUT2D eigenvalue weighted by Crippen LogP contribution is 2.22. The van der Waals surface area contributed by atoms with Crippen LogP contribution >= 0.6 is 21.6 Å². The van der Waals surface area contributed by atoms with Gasteiger partial charge in [-0.25, -0.2) is 0 Å². The Bertz CT molecular complexity index is 183. The van der Waals surface area contributed by atoms with Gasteiger partial charge in [0.2, 0.25) is 5.91 Å². The molecule has 88 valence electrons. The Morgan fingerprint density at radius 1 is 1.33 bits per heavy atom. The molecule has 0 heterocycles. The highest BCUT2D eigenvalue weighted by molar-refractivity contribution is 8.76. The van der Waals surface area contributed by atoms with Crippen molar-refractivity contribution in [3.63, 3.8) is 0 Å². The standard InChI is InChI=1S/C7H14N2O4S2/c8-7(10)3-1-2-5-14-15-6-4-13-9(11)12/h1-6H2,(H2,8,10). The van der Waals surface area contributed by atoms with Gasteiger partial charge in [-0.15, -0.1) is 10.1 Å². The number of unbranched alkanes of at least 4 members (excludes halogenated alkanes) is 1. The van der Waals surface area contributed by atoms with Crippen molar-refractivity contribution in [2.24, 2.45) is 5.73 Å². The van der Waals surface area contributed by atoms with Gasteiger partial charge in [-0.2, -0.15) is 0 Å². The molecule has 0 aliphatic carbocycles. The van der Waals surface area contributed by atoms with E-state index in [2.05, 4.69) is 4.84 Å². The highest BCUT2D eigenvalue weighted by Gasteiger charge is 1.97. The molecular weight excluding hydrogens is 240 g/mol. The molecule has 0 aromatic carbocycles. The largest absolute Gasteiger partial charge is 0.370 e. The van der Waals surface area contributed by atoms with E-state index in [-0.39, 0.29) is 12.5 Å². The van der Waals surface area contributed by atoms with E-state index in [4.69, 9.17) is 5.73 Å². The third-order valence-corrected chi connectivity index (χ3v) is 3.80. The van der Waals surface area contributed by atoms with Gasteiger partial charge < -0.3 is 10.6 Å². The molecule has 0 bridgehead atoms. The zero-order valence-corrected chi connectivity index (χ0v) is 9.85. The number of amides is 1. The number of rotatable bonds is 10. The van der Waals surface area contributed by atoms with E-state index in [1.54, 1.807) is 10.8 Å². The quantitative estimate of drug-likeness (QED) is 0.273. The van der Waals surface area contributed by atoms with Crippen molar-refractivity contribution in [1.82, 2.24) is 0 Å². The molecule has 0 aromatic rings. The molecule has 0 aliphatic rings. The van der Waals surface area contributed by atoms with Gasteiger partial charge in [0, 0.05) is 17.9 Å². The molecule has 0 rings (SSSR count). The van der Waals surface area contributed by atoms with Crippen LogP contribution in [0.15, 0.2) is 0 Å². The summed E-state index contributed by atoms with van der Waals surface area (Å²) in [6.07, 6.45) is 2.15. The zero-order valence-electron chi connectivity index (χ0n) is 8.22. The van der Waals surface area contributed by atoms with E-state index in [9.17, 15) is 14.9 Å². The predicted molar refractivity (Wildman–Crippen MR) is 60.9 cm³/mol.